The summed E-state index contributed by atoms with van der Waals surface area (Å²) in [6.45, 7) is 0. The number of alkyl halides is 18. The van der Waals surface area contributed by atoms with E-state index in [4.69, 9.17) is 0 Å². The average molecular weight is 849 g/mol. The highest BCUT2D eigenvalue weighted by atomic mass is 32.1. The summed E-state index contributed by atoms with van der Waals surface area (Å²) in [5, 5.41) is 0. The Labute approximate surface area is 292 Å². The van der Waals surface area contributed by atoms with Crippen molar-refractivity contribution < 1.29 is 79.0 Å². The number of hydrogen-bond donors (Lipinski definition) is 0. The van der Waals surface area contributed by atoms with Gasteiger partial charge in [-0.15, -0.1) is 56.7 Å². The molecule has 0 saturated heterocycles. The molecule has 0 N–H and O–H groups in total. The van der Waals surface area contributed by atoms with Crippen LogP contribution in [0.3, 0.4) is 0 Å². The quantitative estimate of drug-likeness (QED) is 0.123. The summed E-state index contributed by atoms with van der Waals surface area (Å²) >= 11 is 2.67. The standard InChI is InChI=1S/C28H10F18S5/c29-21(30,23(33,34)25(37,38)27(41,42)43)19-9-7-17(50-19)15-5-3-13(48-15)11-1-2-12(47-11)14-4-6-16(49-14)18-8-10-20(51-18)22(31,32)24(35,36)26(39,40)28(44,45)46/h1-10H. The molecule has 5 aromatic rings. The van der Waals surface area contributed by atoms with Crippen LogP contribution in [0.1, 0.15) is 9.75 Å². The molecule has 0 radical (unpaired) electrons. The maximum Gasteiger partial charge on any atom is 0.460 e. The molecule has 0 amide bonds. The van der Waals surface area contributed by atoms with Crippen LogP contribution in [0.15, 0.2) is 60.7 Å². The molecule has 0 aromatic carbocycles. The van der Waals surface area contributed by atoms with Gasteiger partial charge in [0, 0.05) is 39.0 Å². The highest BCUT2D eigenvalue weighted by Crippen LogP contribution is 2.60. The Balaban J connectivity index is 1.34. The van der Waals surface area contributed by atoms with Crippen LogP contribution in [-0.2, 0) is 11.8 Å². The lowest BCUT2D eigenvalue weighted by Gasteiger charge is -2.33. The summed E-state index contributed by atoms with van der Waals surface area (Å²) < 4.78 is 241. The normalized spacial score (nSPS) is 14.5. The van der Waals surface area contributed by atoms with Crippen LogP contribution in [0.5, 0.6) is 0 Å². The summed E-state index contributed by atoms with van der Waals surface area (Å²) in [5.41, 5.74) is 0. The van der Waals surface area contributed by atoms with Crippen molar-refractivity contribution in [3.8, 4) is 39.0 Å². The Morgan fingerprint density at radius 1 is 0.255 bits per heavy atom. The van der Waals surface area contributed by atoms with E-state index in [1.807, 2.05) is 0 Å². The minimum atomic E-state index is -7.05. The molecule has 278 valence electrons. The first kappa shape index (κ1) is 39.4. The van der Waals surface area contributed by atoms with Gasteiger partial charge in [-0.05, 0) is 60.7 Å². The van der Waals surface area contributed by atoms with Crippen molar-refractivity contribution in [2.24, 2.45) is 0 Å². The lowest BCUT2D eigenvalue weighted by Crippen LogP contribution is -2.59. The summed E-state index contributed by atoms with van der Waals surface area (Å²) in [6, 6.07) is 11.0. The molecule has 0 aliphatic carbocycles. The lowest BCUT2D eigenvalue weighted by atomic mass is 10.0. The van der Waals surface area contributed by atoms with Crippen molar-refractivity contribution in [1.29, 1.82) is 0 Å². The second-order valence-electron chi connectivity index (χ2n) is 10.3. The van der Waals surface area contributed by atoms with Crippen molar-refractivity contribution in [2.45, 2.75) is 47.9 Å². The largest absolute Gasteiger partial charge is 0.460 e. The van der Waals surface area contributed by atoms with E-state index in [0.717, 1.165) is 46.1 Å². The Kier molecular flexibility index (Phi) is 9.59. The van der Waals surface area contributed by atoms with Crippen LogP contribution in [0.25, 0.3) is 39.0 Å². The second kappa shape index (κ2) is 12.4. The van der Waals surface area contributed by atoms with Crippen LogP contribution in [0, 0.1) is 0 Å². The van der Waals surface area contributed by atoms with Crippen LogP contribution in [0.4, 0.5) is 79.0 Å². The fraction of sp³-hybridized carbons (Fsp3) is 0.286. The molecular weight excluding hydrogens is 839 g/mol. The van der Waals surface area contributed by atoms with Crippen LogP contribution < -0.4 is 0 Å². The fourth-order valence-corrected chi connectivity index (χ4v) is 9.55. The number of thiophene rings is 5. The summed E-state index contributed by atoms with van der Waals surface area (Å²) in [7, 11) is 0. The van der Waals surface area contributed by atoms with Crippen molar-refractivity contribution in [2.75, 3.05) is 0 Å². The smallest absolute Gasteiger partial charge is 0.193 e. The van der Waals surface area contributed by atoms with Gasteiger partial charge in [0.25, 0.3) is 0 Å². The fourth-order valence-electron chi connectivity index (χ4n) is 4.15. The van der Waals surface area contributed by atoms with Crippen molar-refractivity contribution in [3.05, 3.63) is 70.4 Å². The van der Waals surface area contributed by atoms with Crippen LogP contribution in [-0.4, -0.2) is 36.0 Å². The highest BCUT2D eigenvalue weighted by Gasteiger charge is 2.83. The van der Waals surface area contributed by atoms with Crippen LogP contribution in [0.2, 0.25) is 0 Å². The van der Waals surface area contributed by atoms with Gasteiger partial charge in [0.15, 0.2) is 0 Å². The van der Waals surface area contributed by atoms with Gasteiger partial charge in [-0.1, -0.05) is 0 Å². The van der Waals surface area contributed by atoms with E-state index in [9.17, 15) is 79.0 Å². The molecule has 0 aliphatic rings. The third kappa shape index (κ3) is 6.26. The SMILES string of the molecule is FC(F)(F)C(F)(F)C(F)(F)C(F)(F)c1ccc(-c2ccc(-c3ccc(-c4ccc(-c5ccc(C(F)(F)C(F)(F)C(F)(F)C(F)(F)F)s5)s4)s3)s2)s1. The molecule has 51 heavy (non-hydrogen) atoms. The molecule has 0 saturated carbocycles. The molecule has 5 aromatic heterocycles. The van der Waals surface area contributed by atoms with Crippen LogP contribution >= 0.6 is 56.7 Å². The molecule has 5 rings (SSSR count). The molecular formula is C28H10F18S5. The summed E-state index contributed by atoms with van der Waals surface area (Å²) in [5.74, 6) is -39.6. The predicted molar refractivity (Wildman–Crippen MR) is 157 cm³/mol. The van der Waals surface area contributed by atoms with E-state index in [-0.39, 0.29) is 42.2 Å². The number of rotatable bonds is 10. The molecule has 0 aliphatic heterocycles. The zero-order chi connectivity index (χ0) is 38.4. The monoisotopic (exact) mass is 848 g/mol. The van der Waals surface area contributed by atoms with Gasteiger partial charge < -0.3 is 0 Å². The maximum atomic E-state index is 14.4. The maximum absolute atomic E-state index is 14.4. The molecule has 0 atom stereocenters. The Bertz CT molecular complexity index is 1870. The van der Waals surface area contributed by atoms with Crippen molar-refractivity contribution in [3.63, 3.8) is 0 Å². The van der Waals surface area contributed by atoms with Gasteiger partial charge in [0.05, 0.1) is 9.75 Å². The Morgan fingerprint density at radius 3 is 0.667 bits per heavy atom. The molecule has 0 spiro atoms. The first-order chi connectivity index (χ1) is 23.1. The third-order valence-electron chi connectivity index (χ3n) is 6.91. The average Bonchev–Trinajstić information content (AvgIpc) is 3.82. The zero-order valence-electron chi connectivity index (χ0n) is 23.6. The first-order valence-corrected chi connectivity index (χ1v) is 17.1. The molecule has 5 heterocycles. The van der Waals surface area contributed by atoms with Gasteiger partial charge in [0.2, 0.25) is 0 Å². The second-order valence-corrected chi connectivity index (χ2v) is 15.7. The molecule has 0 fully saturated rings. The topological polar surface area (TPSA) is 0 Å². The van der Waals surface area contributed by atoms with Gasteiger partial charge in [-0.25, -0.2) is 0 Å². The first-order valence-electron chi connectivity index (χ1n) is 13.0. The van der Waals surface area contributed by atoms with E-state index in [1.54, 1.807) is 12.1 Å². The van der Waals surface area contributed by atoms with Gasteiger partial charge in [0.1, 0.15) is 0 Å². The Hall–Kier alpha value is -2.76. The van der Waals surface area contributed by atoms with E-state index < -0.39 is 57.6 Å². The molecule has 0 unspecified atom stereocenters. The molecule has 23 heteroatoms. The predicted octanol–water partition coefficient (Wildman–Crippen LogP) is 14.5. The number of halogens is 18. The summed E-state index contributed by atoms with van der Waals surface area (Å²) in [4.78, 5) is -1.57. The molecule has 0 nitrogen and oxygen atoms in total. The number of hydrogen-bond acceptors (Lipinski definition) is 5. The molecule has 0 bridgehead atoms. The Morgan fingerprint density at radius 2 is 0.451 bits per heavy atom. The van der Waals surface area contributed by atoms with Gasteiger partial charge in [-0.2, -0.15) is 79.0 Å². The van der Waals surface area contributed by atoms with E-state index in [0.29, 0.717) is 31.6 Å². The highest BCUT2D eigenvalue weighted by molar-refractivity contribution is 7.29. The van der Waals surface area contributed by atoms with E-state index in [1.165, 1.54) is 24.3 Å². The third-order valence-corrected chi connectivity index (χ3v) is 13.3. The minimum Gasteiger partial charge on any atom is -0.193 e. The van der Waals surface area contributed by atoms with Crippen molar-refractivity contribution >= 4 is 56.7 Å². The van der Waals surface area contributed by atoms with Gasteiger partial charge in [-0.3, -0.25) is 0 Å². The minimum absolute atomic E-state index is 0.125. The summed E-state index contributed by atoms with van der Waals surface area (Å²) in [6.07, 6.45) is -13.9. The van der Waals surface area contributed by atoms with E-state index in [2.05, 4.69) is 0 Å². The lowest BCUT2D eigenvalue weighted by molar-refractivity contribution is -0.399. The zero-order valence-corrected chi connectivity index (χ0v) is 27.7. The van der Waals surface area contributed by atoms with E-state index >= 15 is 0 Å². The van der Waals surface area contributed by atoms with Crippen molar-refractivity contribution in [1.82, 2.24) is 0 Å². The van der Waals surface area contributed by atoms with Gasteiger partial charge >= 0.3 is 47.9 Å².